The van der Waals surface area contributed by atoms with Gasteiger partial charge in [-0.05, 0) is 38.1 Å². The first kappa shape index (κ1) is 13.6. The second-order valence-electron chi connectivity index (χ2n) is 5.02. The molecular formula is C18H14N2S2. The summed E-state index contributed by atoms with van der Waals surface area (Å²) >= 11 is 3.46. The van der Waals surface area contributed by atoms with Crippen molar-refractivity contribution >= 4 is 66.0 Å². The maximum Gasteiger partial charge on any atom is 0.117 e. The molecule has 0 aliphatic rings. The van der Waals surface area contributed by atoms with Gasteiger partial charge in [0, 0.05) is 10.8 Å². The van der Waals surface area contributed by atoms with Crippen LogP contribution in [-0.2, 0) is 0 Å². The Hall–Kier alpha value is -2.04. The third-order valence-electron chi connectivity index (χ3n) is 3.56. The highest BCUT2D eigenvalue weighted by atomic mass is 32.1. The molecule has 4 rings (SSSR count). The summed E-state index contributed by atoms with van der Waals surface area (Å²) in [7, 11) is 0. The summed E-state index contributed by atoms with van der Waals surface area (Å²) in [6.07, 6.45) is 8.17. The fourth-order valence-electron chi connectivity index (χ4n) is 2.65. The first-order valence-electron chi connectivity index (χ1n) is 7.18. The minimum Gasteiger partial charge on any atom is -0.236 e. The fourth-order valence-corrected chi connectivity index (χ4v) is 4.56. The fraction of sp³-hybridized carbons (Fsp3) is 0.111. The third-order valence-corrected chi connectivity index (χ3v) is 5.53. The molecule has 0 atom stereocenters. The van der Waals surface area contributed by atoms with Crippen molar-refractivity contribution in [1.29, 1.82) is 0 Å². The maximum absolute atomic E-state index is 4.77. The summed E-state index contributed by atoms with van der Waals surface area (Å²) in [6, 6.07) is 8.68. The number of fused-ring (bicyclic) bond motifs is 5. The molecule has 108 valence electrons. The number of nitrogens with zero attached hydrogens (tertiary/aromatic N) is 2. The normalized spacial score (nSPS) is 12.6. The lowest BCUT2D eigenvalue weighted by Crippen LogP contribution is -1.78. The Morgan fingerprint density at radius 2 is 1.18 bits per heavy atom. The summed E-state index contributed by atoms with van der Waals surface area (Å²) in [5.74, 6) is 0. The van der Waals surface area contributed by atoms with Crippen LogP contribution in [0.5, 0.6) is 0 Å². The van der Waals surface area contributed by atoms with Crippen LogP contribution in [0.3, 0.4) is 0 Å². The minimum atomic E-state index is 1.05. The Morgan fingerprint density at radius 3 is 1.59 bits per heavy atom. The number of aromatic nitrogens is 2. The molecule has 2 aromatic heterocycles. The molecule has 0 aliphatic heterocycles. The lowest BCUT2D eigenvalue weighted by Gasteiger charge is -1.99. The van der Waals surface area contributed by atoms with E-state index in [0.29, 0.717) is 0 Å². The second kappa shape index (κ2) is 5.30. The number of thiazole rings is 2. The zero-order valence-corrected chi connectivity index (χ0v) is 14.0. The largest absolute Gasteiger partial charge is 0.236 e. The van der Waals surface area contributed by atoms with E-state index in [1.165, 1.54) is 20.2 Å². The Bertz CT molecular complexity index is 965. The number of allylic oxidation sites excluding steroid dienone is 2. The van der Waals surface area contributed by atoms with Crippen molar-refractivity contribution < 1.29 is 0 Å². The molecule has 0 N–H and O–H groups in total. The van der Waals surface area contributed by atoms with E-state index in [-0.39, 0.29) is 0 Å². The van der Waals surface area contributed by atoms with E-state index in [2.05, 4.69) is 36.4 Å². The van der Waals surface area contributed by atoms with E-state index in [0.717, 1.165) is 21.0 Å². The average molecular weight is 322 g/mol. The van der Waals surface area contributed by atoms with Gasteiger partial charge in [0.25, 0.3) is 0 Å². The minimum absolute atomic E-state index is 1.05. The van der Waals surface area contributed by atoms with Gasteiger partial charge < -0.3 is 0 Å². The molecule has 0 unspecified atom stereocenters. The smallest absolute Gasteiger partial charge is 0.117 e. The molecule has 0 bridgehead atoms. The Morgan fingerprint density at radius 1 is 0.727 bits per heavy atom. The standard InChI is InChI=1S/C18H14N2S2/c1-3-5-15-19-17-11-8-10-14-18(20-16(22-14)6-4-2)12(11)7-9-13(17)21-15/h3-10H,1-2H3/b5-3+,6-4+. The van der Waals surface area contributed by atoms with Crippen LogP contribution in [0.25, 0.3) is 43.4 Å². The molecule has 0 radical (unpaired) electrons. The van der Waals surface area contributed by atoms with Gasteiger partial charge in [0.15, 0.2) is 0 Å². The first-order chi connectivity index (χ1) is 10.8. The Balaban J connectivity index is 2.07. The topological polar surface area (TPSA) is 25.8 Å². The van der Waals surface area contributed by atoms with E-state index < -0.39 is 0 Å². The number of rotatable bonds is 2. The molecular weight excluding hydrogens is 308 g/mol. The van der Waals surface area contributed by atoms with Gasteiger partial charge in [0.2, 0.25) is 0 Å². The van der Waals surface area contributed by atoms with E-state index in [4.69, 9.17) is 9.97 Å². The van der Waals surface area contributed by atoms with Crippen molar-refractivity contribution in [3.05, 3.63) is 46.4 Å². The molecule has 2 aromatic carbocycles. The molecule has 0 fully saturated rings. The van der Waals surface area contributed by atoms with E-state index in [9.17, 15) is 0 Å². The van der Waals surface area contributed by atoms with Gasteiger partial charge in [-0.3, -0.25) is 0 Å². The summed E-state index contributed by atoms with van der Waals surface area (Å²) in [5, 5.41) is 4.49. The molecule has 2 nitrogen and oxygen atoms in total. The van der Waals surface area contributed by atoms with Crippen LogP contribution >= 0.6 is 22.7 Å². The second-order valence-corrected chi connectivity index (χ2v) is 7.15. The van der Waals surface area contributed by atoms with Crippen LogP contribution in [0.2, 0.25) is 0 Å². The van der Waals surface area contributed by atoms with E-state index in [1.54, 1.807) is 22.7 Å². The van der Waals surface area contributed by atoms with E-state index >= 15 is 0 Å². The number of hydrogen-bond donors (Lipinski definition) is 0. The van der Waals surface area contributed by atoms with Crippen molar-refractivity contribution in [3.63, 3.8) is 0 Å². The number of benzene rings is 2. The summed E-state index contributed by atoms with van der Waals surface area (Å²) in [4.78, 5) is 9.55. The van der Waals surface area contributed by atoms with Crippen molar-refractivity contribution in [3.8, 4) is 0 Å². The van der Waals surface area contributed by atoms with Crippen molar-refractivity contribution in [2.75, 3.05) is 0 Å². The van der Waals surface area contributed by atoms with Crippen LogP contribution in [-0.4, -0.2) is 9.97 Å². The lowest BCUT2D eigenvalue weighted by atomic mass is 10.1. The quantitative estimate of drug-likeness (QED) is 0.444. The van der Waals surface area contributed by atoms with Crippen molar-refractivity contribution in [1.82, 2.24) is 9.97 Å². The van der Waals surface area contributed by atoms with Gasteiger partial charge in [-0.15, -0.1) is 22.7 Å². The molecule has 22 heavy (non-hydrogen) atoms. The molecule has 0 aliphatic carbocycles. The zero-order chi connectivity index (χ0) is 15.1. The van der Waals surface area contributed by atoms with Crippen molar-refractivity contribution in [2.24, 2.45) is 0 Å². The Labute approximate surface area is 136 Å². The van der Waals surface area contributed by atoms with Gasteiger partial charge >= 0.3 is 0 Å². The predicted octanol–water partition coefficient (Wildman–Crippen LogP) is 6.13. The molecule has 2 heterocycles. The summed E-state index contributed by atoms with van der Waals surface area (Å²) in [5.41, 5.74) is 2.16. The van der Waals surface area contributed by atoms with Gasteiger partial charge in [-0.25, -0.2) is 9.97 Å². The van der Waals surface area contributed by atoms with E-state index in [1.807, 2.05) is 26.0 Å². The highest BCUT2D eigenvalue weighted by Crippen LogP contribution is 2.35. The average Bonchev–Trinajstić information content (AvgIpc) is 3.10. The highest BCUT2D eigenvalue weighted by Gasteiger charge is 2.11. The maximum atomic E-state index is 4.77. The molecule has 0 saturated carbocycles. The monoisotopic (exact) mass is 322 g/mol. The third kappa shape index (κ3) is 2.07. The predicted molar refractivity (Wildman–Crippen MR) is 99.7 cm³/mol. The lowest BCUT2D eigenvalue weighted by molar-refractivity contribution is 1.46. The van der Waals surface area contributed by atoms with Crippen LogP contribution < -0.4 is 0 Å². The van der Waals surface area contributed by atoms with Crippen LogP contribution in [0.15, 0.2) is 36.4 Å². The van der Waals surface area contributed by atoms with Crippen LogP contribution in [0.4, 0.5) is 0 Å². The zero-order valence-electron chi connectivity index (χ0n) is 12.3. The van der Waals surface area contributed by atoms with Crippen LogP contribution in [0.1, 0.15) is 23.9 Å². The van der Waals surface area contributed by atoms with Crippen LogP contribution in [0, 0.1) is 0 Å². The number of hydrogen-bond acceptors (Lipinski definition) is 4. The van der Waals surface area contributed by atoms with Gasteiger partial charge in [-0.1, -0.05) is 24.3 Å². The van der Waals surface area contributed by atoms with Crippen molar-refractivity contribution in [2.45, 2.75) is 13.8 Å². The molecule has 0 amide bonds. The molecule has 0 spiro atoms. The van der Waals surface area contributed by atoms with Gasteiger partial charge in [-0.2, -0.15) is 0 Å². The summed E-state index contributed by atoms with van der Waals surface area (Å²) in [6.45, 7) is 4.04. The van der Waals surface area contributed by atoms with Gasteiger partial charge in [0.05, 0.1) is 20.4 Å². The van der Waals surface area contributed by atoms with Gasteiger partial charge in [0.1, 0.15) is 10.0 Å². The highest BCUT2D eigenvalue weighted by molar-refractivity contribution is 7.20. The molecule has 4 heteroatoms. The first-order valence-corrected chi connectivity index (χ1v) is 8.81. The Kier molecular flexibility index (Phi) is 3.28. The summed E-state index contributed by atoms with van der Waals surface area (Å²) < 4.78 is 2.45. The molecule has 0 saturated heterocycles. The molecule has 4 aromatic rings. The SMILES string of the molecule is C/C=C/c1nc2c(ccc3c2ccc2sc(/C=C/C)nc23)s1.